The zero-order valence-corrected chi connectivity index (χ0v) is 12.5. The third-order valence-electron chi connectivity index (χ3n) is 5.05. The first kappa shape index (κ1) is 15.0. The van der Waals surface area contributed by atoms with Gasteiger partial charge in [0.05, 0.1) is 0 Å². The Morgan fingerprint density at radius 1 is 1.37 bits per heavy atom. The van der Waals surface area contributed by atoms with Crippen LogP contribution in [-0.2, 0) is 4.79 Å². The fourth-order valence-electron chi connectivity index (χ4n) is 4.02. The molecule has 0 spiro atoms. The molecule has 4 unspecified atom stereocenters. The SMILES string of the molecule is CC1CC(=O)C(CN2CCCC2CCCO)C(C)C1. The minimum Gasteiger partial charge on any atom is -0.396 e. The minimum absolute atomic E-state index is 0.255. The fourth-order valence-corrected chi connectivity index (χ4v) is 4.02. The highest BCUT2D eigenvalue weighted by molar-refractivity contribution is 5.82. The van der Waals surface area contributed by atoms with E-state index in [0.717, 1.165) is 32.4 Å². The molecule has 3 nitrogen and oxygen atoms in total. The van der Waals surface area contributed by atoms with Crippen LogP contribution in [0.15, 0.2) is 0 Å². The highest BCUT2D eigenvalue weighted by atomic mass is 16.2. The standard InChI is InChI=1S/C16H29NO2/c1-12-9-13(2)15(16(19)10-12)11-17-7-3-5-14(17)6-4-8-18/h12-15,18H,3-11H2,1-2H3. The Morgan fingerprint density at radius 2 is 2.16 bits per heavy atom. The van der Waals surface area contributed by atoms with Crippen molar-refractivity contribution in [2.45, 2.75) is 58.4 Å². The number of Topliss-reactive ketones (excluding diaryl/α,β-unsaturated/α-hetero) is 1. The van der Waals surface area contributed by atoms with Crippen molar-refractivity contribution >= 4 is 5.78 Å². The van der Waals surface area contributed by atoms with E-state index < -0.39 is 0 Å². The molecule has 2 rings (SSSR count). The molecule has 2 fully saturated rings. The van der Waals surface area contributed by atoms with Gasteiger partial charge in [0.15, 0.2) is 0 Å². The van der Waals surface area contributed by atoms with Gasteiger partial charge in [0, 0.05) is 31.5 Å². The summed E-state index contributed by atoms with van der Waals surface area (Å²) in [5.41, 5.74) is 0. The van der Waals surface area contributed by atoms with Crippen LogP contribution in [0.5, 0.6) is 0 Å². The molecular weight excluding hydrogens is 238 g/mol. The summed E-state index contributed by atoms with van der Waals surface area (Å²) in [6.07, 6.45) is 6.46. The summed E-state index contributed by atoms with van der Waals surface area (Å²) in [7, 11) is 0. The average Bonchev–Trinajstić information content (AvgIpc) is 2.78. The lowest BCUT2D eigenvalue weighted by Crippen LogP contribution is -2.42. The molecule has 1 saturated heterocycles. The molecule has 110 valence electrons. The first-order valence-corrected chi connectivity index (χ1v) is 7.99. The van der Waals surface area contributed by atoms with Crippen molar-refractivity contribution in [1.82, 2.24) is 4.90 Å². The quantitative estimate of drug-likeness (QED) is 0.832. The van der Waals surface area contributed by atoms with Crippen LogP contribution < -0.4 is 0 Å². The summed E-state index contributed by atoms with van der Waals surface area (Å²) < 4.78 is 0. The molecular formula is C16H29NO2. The van der Waals surface area contributed by atoms with Crippen molar-refractivity contribution in [3.05, 3.63) is 0 Å². The molecule has 1 aliphatic carbocycles. The van der Waals surface area contributed by atoms with Gasteiger partial charge in [0.1, 0.15) is 5.78 Å². The first-order chi connectivity index (χ1) is 9.11. The number of carbonyl (C=O) groups excluding carboxylic acids is 1. The van der Waals surface area contributed by atoms with Gasteiger partial charge in [-0.05, 0) is 50.5 Å². The number of ketones is 1. The van der Waals surface area contributed by atoms with Crippen molar-refractivity contribution in [3.8, 4) is 0 Å². The third kappa shape index (κ3) is 3.79. The van der Waals surface area contributed by atoms with Crippen LogP contribution in [0.25, 0.3) is 0 Å². The van der Waals surface area contributed by atoms with Gasteiger partial charge in [0.2, 0.25) is 0 Å². The maximum atomic E-state index is 12.3. The second-order valence-electron chi connectivity index (χ2n) is 6.75. The molecule has 1 aliphatic heterocycles. The van der Waals surface area contributed by atoms with Crippen molar-refractivity contribution in [2.75, 3.05) is 19.7 Å². The number of rotatable bonds is 5. The molecule has 2 aliphatic rings. The van der Waals surface area contributed by atoms with Gasteiger partial charge < -0.3 is 5.11 Å². The molecule has 0 bridgehead atoms. The summed E-state index contributed by atoms with van der Waals surface area (Å²) in [4.78, 5) is 14.8. The Balaban J connectivity index is 1.90. The van der Waals surface area contributed by atoms with Crippen LogP contribution in [0.2, 0.25) is 0 Å². The van der Waals surface area contributed by atoms with Crippen LogP contribution in [-0.4, -0.2) is 41.5 Å². The van der Waals surface area contributed by atoms with E-state index in [1.807, 2.05) is 0 Å². The van der Waals surface area contributed by atoms with E-state index in [4.69, 9.17) is 5.11 Å². The van der Waals surface area contributed by atoms with Crippen molar-refractivity contribution < 1.29 is 9.90 Å². The number of hydrogen-bond donors (Lipinski definition) is 1. The Hall–Kier alpha value is -0.410. The maximum absolute atomic E-state index is 12.3. The lowest BCUT2D eigenvalue weighted by Gasteiger charge is -2.35. The normalized spacial score (nSPS) is 36.9. The van der Waals surface area contributed by atoms with Crippen LogP contribution in [0.1, 0.15) is 52.4 Å². The predicted octanol–water partition coefficient (Wildman–Crippen LogP) is 2.47. The summed E-state index contributed by atoms with van der Waals surface area (Å²) in [5.74, 6) is 1.85. The van der Waals surface area contributed by atoms with E-state index in [9.17, 15) is 4.79 Å². The van der Waals surface area contributed by atoms with Gasteiger partial charge in [0.25, 0.3) is 0 Å². The van der Waals surface area contributed by atoms with Gasteiger partial charge in [-0.25, -0.2) is 0 Å². The van der Waals surface area contributed by atoms with Crippen molar-refractivity contribution in [1.29, 1.82) is 0 Å². The van der Waals surface area contributed by atoms with E-state index in [0.29, 0.717) is 30.3 Å². The smallest absolute Gasteiger partial charge is 0.137 e. The predicted molar refractivity (Wildman–Crippen MR) is 77.0 cm³/mol. The van der Waals surface area contributed by atoms with Gasteiger partial charge in [-0.15, -0.1) is 0 Å². The third-order valence-corrected chi connectivity index (χ3v) is 5.05. The minimum atomic E-state index is 0.255. The van der Waals surface area contributed by atoms with Crippen molar-refractivity contribution in [2.24, 2.45) is 17.8 Å². The van der Waals surface area contributed by atoms with Gasteiger partial charge >= 0.3 is 0 Å². The maximum Gasteiger partial charge on any atom is 0.137 e. The Labute approximate surface area is 117 Å². The molecule has 3 heteroatoms. The topological polar surface area (TPSA) is 40.5 Å². The summed E-state index contributed by atoms with van der Waals surface area (Å²) in [6.45, 7) is 6.84. The average molecular weight is 267 g/mol. The van der Waals surface area contributed by atoms with E-state index in [1.165, 1.54) is 19.3 Å². The van der Waals surface area contributed by atoms with Crippen LogP contribution in [0, 0.1) is 17.8 Å². The van der Waals surface area contributed by atoms with Crippen LogP contribution in [0.3, 0.4) is 0 Å². The Kier molecular flexibility index (Phi) is 5.40. The Bertz CT molecular complexity index is 305. The number of likely N-dealkylation sites (tertiary alicyclic amines) is 1. The van der Waals surface area contributed by atoms with E-state index in [2.05, 4.69) is 18.7 Å². The molecule has 0 aromatic carbocycles. The van der Waals surface area contributed by atoms with E-state index in [-0.39, 0.29) is 5.92 Å². The van der Waals surface area contributed by atoms with Gasteiger partial charge in [-0.1, -0.05) is 13.8 Å². The Morgan fingerprint density at radius 3 is 2.84 bits per heavy atom. The van der Waals surface area contributed by atoms with E-state index >= 15 is 0 Å². The molecule has 0 amide bonds. The lowest BCUT2D eigenvalue weighted by molar-refractivity contribution is -0.128. The number of hydrogen-bond acceptors (Lipinski definition) is 3. The highest BCUT2D eigenvalue weighted by Crippen LogP contribution is 2.33. The summed E-state index contributed by atoms with van der Waals surface area (Å²) in [6, 6.07) is 0.603. The summed E-state index contributed by atoms with van der Waals surface area (Å²) in [5, 5.41) is 8.97. The lowest BCUT2D eigenvalue weighted by atomic mass is 9.74. The zero-order valence-electron chi connectivity index (χ0n) is 12.5. The number of nitrogens with zero attached hydrogens (tertiary/aromatic N) is 1. The molecule has 0 aromatic heterocycles. The zero-order chi connectivity index (χ0) is 13.8. The fraction of sp³-hybridized carbons (Fsp3) is 0.938. The van der Waals surface area contributed by atoms with Gasteiger partial charge in [-0.3, -0.25) is 9.69 Å². The second kappa shape index (κ2) is 6.85. The van der Waals surface area contributed by atoms with Crippen LogP contribution >= 0.6 is 0 Å². The number of aliphatic hydroxyl groups excluding tert-OH is 1. The van der Waals surface area contributed by atoms with E-state index in [1.54, 1.807) is 0 Å². The molecule has 1 heterocycles. The molecule has 0 radical (unpaired) electrons. The first-order valence-electron chi connectivity index (χ1n) is 7.99. The molecule has 1 saturated carbocycles. The van der Waals surface area contributed by atoms with Gasteiger partial charge in [-0.2, -0.15) is 0 Å². The second-order valence-corrected chi connectivity index (χ2v) is 6.75. The summed E-state index contributed by atoms with van der Waals surface area (Å²) >= 11 is 0. The largest absolute Gasteiger partial charge is 0.396 e. The molecule has 0 aromatic rings. The van der Waals surface area contributed by atoms with Crippen molar-refractivity contribution in [3.63, 3.8) is 0 Å². The number of carbonyl (C=O) groups is 1. The highest BCUT2D eigenvalue weighted by Gasteiger charge is 2.35. The molecule has 1 N–H and O–H groups in total. The monoisotopic (exact) mass is 267 g/mol. The molecule has 4 atom stereocenters. The van der Waals surface area contributed by atoms with Crippen LogP contribution in [0.4, 0.5) is 0 Å². The molecule has 19 heavy (non-hydrogen) atoms. The number of aliphatic hydroxyl groups is 1.